The van der Waals surface area contributed by atoms with Gasteiger partial charge in [0.25, 0.3) is 0 Å². The van der Waals surface area contributed by atoms with E-state index in [1.807, 2.05) is 14.0 Å². The molecule has 42 valence electrons. The third-order valence-corrected chi connectivity index (χ3v) is 1.02. The van der Waals surface area contributed by atoms with Gasteiger partial charge >= 0.3 is 0 Å². The Labute approximate surface area is 49.4 Å². The van der Waals surface area contributed by atoms with Crippen molar-refractivity contribution in [2.24, 2.45) is 0 Å². The van der Waals surface area contributed by atoms with Gasteiger partial charge in [-0.25, -0.2) is 0 Å². The van der Waals surface area contributed by atoms with Crippen LogP contribution in [0.3, 0.4) is 0 Å². The van der Waals surface area contributed by atoms with Crippen molar-refractivity contribution in [3.63, 3.8) is 0 Å². The van der Waals surface area contributed by atoms with Gasteiger partial charge in [0.1, 0.15) is 0 Å². The second-order valence-corrected chi connectivity index (χ2v) is 1.72. The number of allylic oxidation sites excluding steroid dienone is 1. The first-order chi connectivity index (χ1) is 3.31. The van der Waals surface area contributed by atoms with Crippen LogP contribution in [-0.2, 0) is 0 Å². The molecule has 0 heterocycles. The number of rotatable bonds is 2. The fourth-order valence-corrected chi connectivity index (χ4v) is 0.368. The summed E-state index contributed by atoms with van der Waals surface area (Å²) >= 11 is 5.56. The smallest absolute Gasteiger partial charge is 0.0334 e. The number of hydrogen-bond donors (Lipinski definition) is 1. The van der Waals surface area contributed by atoms with E-state index >= 15 is 0 Å². The van der Waals surface area contributed by atoms with Crippen LogP contribution < -0.4 is 5.32 Å². The molecule has 0 aliphatic carbocycles. The summed E-state index contributed by atoms with van der Waals surface area (Å²) < 4.78 is 0. The number of halogens is 1. The van der Waals surface area contributed by atoms with Crippen LogP contribution in [-0.4, -0.2) is 7.05 Å². The molecule has 0 atom stereocenters. The largest absolute Gasteiger partial charge is 0.393 e. The van der Waals surface area contributed by atoms with Gasteiger partial charge in [0.2, 0.25) is 0 Å². The highest BCUT2D eigenvalue weighted by Crippen LogP contribution is 2.02. The van der Waals surface area contributed by atoms with E-state index < -0.39 is 0 Å². The monoisotopic (exact) mass is 119 g/mol. The second-order valence-electron chi connectivity index (χ2n) is 1.23. The molecule has 0 fully saturated rings. The molecule has 7 heavy (non-hydrogen) atoms. The predicted molar refractivity (Wildman–Crippen MR) is 33.3 cm³/mol. The summed E-state index contributed by atoms with van der Waals surface area (Å²) in [6.07, 6.45) is 2.68. The highest BCUT2D eigenvalue weighted by Gasteiger charge is 1.79. The molecule has 1 nitrogen and oxygen atoms in total. The lowest BCUT2D eigenvalue weighted by molar-refractivity contribution is 1.06. The van der Waals surface area contributed by atoms with Crippen molar-refractivity contribution in [1.82, 2.24) is 5.32 Å². The van der Waals surface area contributed by atoms with E-state index in [1.54, 1.807) is 6.20 Å². The zero-order valence-electron chi connectivity index (χ0n) is 4.66. The third-order valence-electron chi connectivity index (χ3n) is 0.639. The third kappa shape index (κ3) is 3.67. The average Bonchev–Trinajstić information content (AvgIpc) is 1.68. The van der Waals surface area contributed by atoms with E-state index in [4.69, 9.17) is 11.6 Å². The molecule has 0 radical (unpaired) electrons. The molecule has 0 aromatic heterocycles. The molecule has 0 spiro atoms. The molecule has 0 aliphatic rings. The Bertz CT molecular complexity index is 68.5. The lowest BCUT2D eigenvalue weighted by Gasteiger charge is -1.88. The molecule has 0 aromatic carbocycles. The minimum atomic E-state index is 0.863. The quantitative estimate of drug-likeness (QED) is 0.584. The summed E-state index contributed by atoms with van der Waals surface area (Å²) in [4.78, 5) is 0. The zero-order chi connectivity index (χ0) is 5.70. The summed E-state index contributed by atoms with van der Waals surface area (Å²) in [6.45, 7) is 2.01. The van der Waals surface area contributed by atoms with E-state index in [-0.39, 0.29) is 0 Å². The predicted octanol–water partition coefficient (Wildman–Crippen LogP) is 1.70. The lowest BCUT2D eigenvalue weighted by atomic mass is 10.5. The van der Waals surface area contributed by atoms with Crippen molar-refractivity contribution in [2.75, 3.05) is 7.05 Å². The number of nitrogens with one attached hydrogen (secondary N) is 1. The van der Waals surface area contributed by atoms with E-state index in [1.165, 1.54) is 0 Å². The maximum Gasteiger partial charge on any atom is 0.0334 e. The number of hydrogen-bond acceptors (Lipinski definition) is 1. The van der Waals surface area contributed by atoms with Crippen molar-refractivity contribution in [1.29, 1.82) is 0 Å². The van der Waals surface area contributed by atoms with E-state index in [9.17, 15) is 0 Å². The van der Waals surface area contributed by atoms with Crippen molar-refractivity contribution in [2.45, 2.75) is 13.3 Å². The lowest BCUT2D eigenvalue weighted by Crippen LogP contribution is -1.92. The fourth-order valence-electron chi connectivity index (χ4n) is 0.259. The van der Waals surface area contributed by atoms with Crippen LogP contribution in [0.25, 0.3) is 0 Å². The van der Waals surface area contributed by atoms with Crippen LogP contribution in [0.5, 0.6) is 0 Å². The standard InChI is InChI=1S/C5H10ClN/c1-3-5(6)4-7-2/h4,7H,3H2,1-2H3/b5-4+. The molecule has 0 bridgehead atoms. The molecule has 0 amide bonds. The van der Waals surface area contributed by atoms with Gasteiger partial charge < -0.3 is 5.32 Å². The SMILES string of the molecule is CC/C(Cl)=C\NC. The van der Waals surface area contributed by atoms with Crippen molar-refractivity contribution in [3.8, 4) is 0 Å². The maximum absolute atomic E-state index is 5.56. The fraction of sp³-hybridized carbons (Fsp3) is 0.600. The van der Waals surface area contributed by atoms with E-state index in [0.29, 0.717) is 0 Å². The van der Waals surface area contributed by atoms with Gasteiger partial charge in [-0.2, -0.15) is 0 Å². The molecule has 0 aliphatic heterocycles. The Morgan fingerprint density at radius 2 is 2.43 bits per heavy atom. The first-order valence-corrected chi connectivity index (χ1v) is 2.70. The minimum Gasteiger partial charge on any atom is -0.393 e. The van der Waals surface area contributed by atoms with Crippen molar-refractivity contribution < 1.29 is 0 Å². The van der Waals surface area contributed by atoms with Crippen LogP contribution >= 0.6 is 11.6 Å². The highest BCUT2D eigenvalue weighted by atomic mass is 35.5. The molecule has 0 saturated heterocycles. The normalized spacial score (nSPS) is 11.6. The van der Waals surface area contributed by atoms with Crippen molar-refractivity contribution >= 4 is 11.6 Å². The maximum atomic E-state index is 5.56. The summed E-state index contributed by atoms with van der Waals surface area (Å²) in [5.41, 5.74) is 0. The van der Waals surface area contributed by atoms with Crippen LogP contribution in [0.15, 0.2) is 11.2 Å². The molecular formula is C5H10ClN. The second kappa shape index (κ2) is 4.00. The Kier molecular flexibility index (Phi) is 3.90. The first kappa shape index (κ1) is 6.83. The summed E-state index contributed by atoms with van der Waals surface area (Å²) in [7, 11) is 1.83. The van der Waals surface area contributed by atoms with Gasteiger partial charge in [0.05, 0.1) is 0 Å². The molecule has 0 aromatic rings. The van der Waals surface area contributed by atoms with Crippen LogP contribution in [0.2, 0.25) is 0 Å². The van der Waals surface area contributed by atoms with Gasteiger partial charge in [0.15, 0.2) is 0 Å². The van der Waals surface area contributed by atoms with Gasteiger partial charge in [-0.15, -0.1) is 0 Å². The van der Waals surface area contributed by atoms with Gasteiger partial charge in [-0.05, 0) is 6.42 Å². The Balaban J connectivity index is 3.29. The molecule has 0 saturated carbocycles. The Morgan fingerprint density at radius 1 is 1.86 bits per heavy atom. The van der Waals surface area contributed by atoms with Crippen LogP contribution in [0, 0.1) is 0 Å². The zero-order valence-corrected chi connectivity index (χ0v) is 5.42. The summed E-state index contributed by atoms with van der Waals surface area (Å²) in [6, 6.07) is 0. The molecule has 1 N–H and O–H groups in total. The molecular weight excluding hydrogens is 110 g/mol. The van der Waals surface area contributed by atoms with Gasteiger partial charge in [0, 0.05) is 18.3 Å². The van der Waals surface area contributed by atoms with E-state index in [0.717, 1.165) is 11.5 Å². The summed E-state index contributed by atoms with van der Waals surface area (Å²) in [5.74, 6) is 0. The summed E-state index contributed by atoms with van der Waals surface area (Å²) in [5, 5.41) is 3.69. The topological polar surface area (TPSA) is 12.0 Å². The molecule has 2 heteroatoms. The van der Waals surface area contributed by atoms with E-state index in [2.05, 4.69) is 5.32 Å². The Morgan fingerprint density at radius 3 is 2.57 bits per heavy atom. The van der Waals surface area contributed by atoms with Crippen LogP contribution in [0.4, 0.5) is 0 Å². The molecule has 0 unspecified atom stereocenters. The van der Waals surface area contributed by atoms with Gasteiger partial charge in [-0.1, -0.05) is 18.5 Å². The van der Waals surface area contributed by atoms with Gasteiger partial charge in [-0.3, -0.25) is 0 Å². The molecule has 0 rings (SSSR count). The van der Waals surface area contributed by atoms with Crippen LogP contribution in [0.1, 0.15) is 13.3 Å². The first-order valence-electron chi connectivity index (χ1n) is 2.33. The highest BCUT2D eigenvalue weighted by molar-refractivity contribution is 6.29. The Hall–Kier alpha value is -0.170. The van der Waals surface area contributed by atoms with Crippen molar-refractivity contribution in [3.05, 3.63) is 11.2 Å². The minimum absolute atomic E-state index is 0.863. The average molecular weight is 120 g/mol.